The van der Waals surface area contributed by atoms with Crippen LogP contribution in [0, 0.1) is 6.92 Å². The predicted molar refractivity (Wildman–Crippen MR) is 87.6 cm³/mol. The smallest absolute Gasteiger partial charge is 0.208 e. The highest BCUT2D eigenvalue weighted by atomic mass is 32.2. The molecule has 2 aromatic rings. The van der Waals surface area contributed by atoms with E-state index < -0.39 is 10.0 Å². The zero-order valence-electron chi connectivity index (χ0n) is 12.2. The fourth-order valence-corrected chi connectivity index (χ4v) is 4.60. The van der Waals surface area contributed by atoms with Crippen LogP contribution < -0.4 is 9.62 Å². The highest BCUT2D eigenvalue weighted by Gasteiger charge is 2.23. The number of hydrogen-bond acceptors (Lipinski definition) is 5. The number of piperidine rings is 1. The van der Waals surface area contributed by atoms with Gasteiger partial charge in [-0.05, 0) is 37.5 Å². The van der Waals surface area contributed by atoms with Crippen LogP contribution in [0.1, 0.15) is 18.4 Å². The first-order chi connectivity index (χ1) is 9.90. The largest absolute Gasteiger partial charge is 0.348 e. The second kappa shape index (κ2) is 5.55. The summed E-state index contributed by atoms with van der Waals surface area (Å²) in [6, 6.07) is 6.35. The molecule has 0 amide bonds. The fourth-order valence-electron chi connectivity index (χ4n) is 2.65. The molecule has 0 aliphatic carbocycles. The van der Waals surface area contributed by atoms with Gasteiger partial charge in [-0.3, -0.25) is 0 Å². The molecular weight excluding hydrogens is 306 g/mol. The number of anilines is 1. The van der Waals surface area contributed by atoms with Crippen LogP contribution in [0.4, 0.5) is 5.13 Å². The summed E-state index contributed by atoms with van der Waals surface area (Å²) in [6.07, 6.45) is 2.86. The Morgan fingerprint density at radius 2 is 2.05 bits per heavy atom. The van der Waals surface area contributed by atoms with Crippen molar-refractivity contribution >= 4 is 36.7 Å². The molecule has 0 spiro atoms. The number of aryl methyl sites for hydroxylation is 1. The number of aromatic nitrogens is 1. The first-order valence-electron chi connectivity index (χ1n) is 7.00. The van der Waals surface area contributed by atoms with Crippen molar-refractivity contribution in [1.29, 1.82) is 0 Å². The van der Waals surface area contributed by atoms with Crippen molar-refractivity contribution < 1.29 is 8.42 Å². The van der Waals surface area contributed by atoms with Crippen LogP contribution in [0.3, 0.4) is 0 Å². The van der Waals surface area contributed by atoms with E-state index >= 15 is 0 Å². The quantitative estimate of drug-likeness (QED) is 0.939. The minimum Gasteiger partial charge on any atom is -0.348 e. The van der Waals surface area contributed by atoms with E-state index in [0.29, 0.717) is 0 Å². The lowest BCUT2D eigenvalue weighted by molar-refractivity contribution is 0.461. The molecule has 1 aromatic carbocycles. The molecule has 7 heteroatoms. The zero-order valence-corrected chi connectivity index (χ0v) is 13.8. The number of benzene rings is 1. The Balaban J connectivity index is 1.71. The lowest BCUT2D eigenvalue weighted by Crippen LogP contribution is -2.44. The first kappa shape index (κ1) is 14.7. The summed E-state index contributed by atoms with van der Waals surface area (Å²) in [5, 5.41) is 1.04. The molecular formula is C14H19N3O2S2. The Morgan fingerprint density at radius 3 is 2.71 bits per heavy atom. The van der Waals surface area contributed by atoms with Gasteiger partial charge in [-0.25, -0.2) is 18.1 Å². The molecule has 0 saturated carbocycles. The van der Waals surface area contributed by atoms with Gasteiger partial charge < -0.3 is 4.90 Å². The highest BCUT2D eigenvalue weighted by Crippen LogP contribution is 2.31. The Morgan fingerprint density at radius 1 is 1.33 bits per heavy atom. The van der Waals surface area contributed by atoms with Crippen molar-refractivity contribution in [1.82, 2.24) is 9.71 Å². The fraction of sp³-hybridized carbons (Fsp3) is 0.500. The maximum atomic E-state index is 11.3. The van der Waals surface area contributed by atoms with Gasteiger partial charge in [-0.2, -0.15) is 0 Å². The third kappa shape index (κ3) is 3.53. The average Bonchev–Trinajstić information content (AvgIpc) is 2.80. The van der Waals surface area contributed by atoms with Crippen LogP contribution in [0.15, 0.2) is 18.2 Å². The second-order valence-corrected chi connectivity index (χ2v) is 8.41. The van der Waals surface area contributed by atoms with E-state index in [-0.39, 0.29) is 6.04 Å². The van der Waals surface area contributed by atoms with Gasteiger partial charge >= 0.3 is 0 Å². The molecule has 1 saturated heterocycles. The third-order valence-electron chi connectivity index (χ3n) is 3.68. The van der Waals surface area contributed by atoms with E-state index in [2.05, 4.69) is 39.7 Å². The predicted octanol–water partition coefficient (Wildman–Crippen LogP) is 2.12. The van der Waals surface area contributed by atoms with E-state index in [4.69, 9.17) is 0 Å². The molecule has 114 valence electrons. The molecule has 5 nitrogen and oxygen atoms in total. The number of nitrogens with zero attached hydrogens (tertiary/aromatic N) is 2. The van der Waals surface area contributed by atoms with Crippen molar-refractivity contribution in [3.63, 3.8) is 0 Å². The van der Waals surface area contributed by atoms with Crippen molar-refractivity contribution in [2.75, 3.05) is 24.2 Å². The molecule has 1 aliphatic heterocycles. The summed E-state index contributed by atoms with van der Waals surface area (Å²) < 4.78 is 26.4. The summed E-state index contributed by atoms with van der Waals surface area (Å²) >= 11 is 1.71. The summed E-state index contributed by atoms with van der Waals surface area (Å²) in [5.74, 6) is 0. The maximum absolute atomic E-state index is 11.3. The van der Waals surface area contributed by atoms with Gasteiger partial charge in [0, 0.05) is 19.1 Å². The topological polar surface area (TPSA) is 62.3 Å². The van der Waals surface area contributed by atoms with Crippen molar-refractivity contribution in [3.05, 3.63) is 23.8 Å². The average molecular weight is 325 g/mol. The van der Waals surface area contributed by atoms with Crippen molar-refractivity contribution in [2.45, 2.75) is 25.8 Å². The van der Waals surface area contributed by atoms with Crippen molar-refractivity contribution in [3.8, 4) is 0 Å². The molecule has 3 rings (SSSR count). The van der Waals surface area contributed by atoms with Crippen LogP contribution in [-0.2, 0) is 10.0 Å². The molecule has 0 atom stereocenters. The number of nitrogens with one attached hydrogen (secondary N) is 1. The molecule has 0 bridgehead atoms. The van der Waals surface area contributed by atoms with E-state index in [9.17, 15) is 8.42 Å². The second-order valence-electron chi connectivity index (χ2n) is 5.62. The minimum atomic E-state index is -3.11. The maximum Gasteiger partial charge on any atom is 0.208 e. The van der Waals surface area contributed by atoms with Crippen LogP contribution in [-0.4, -0.2) is 38.8 Å². The van der Waals surface area contributed by atoms with Crippen LogP contribution in [0.2, 0.25) is 0 Å². The van der Waals surface area contributed by atoms with Gasteiger partial charge in [-0.1, -0.05) is 17.4 Å². The lowest BCUT2D eigenvalue weighted by Gasteiger charge is -2.31. The lowest BCUT2D eigenvalue weighted by atomic mass is 10.1. The molecule has 1 aromatic heterocycles. The Kier molecular flexibility index (Phi) is 3.90. The van der Waals surface area contributed by atoms with Gasteiger partial charge in [-0.15, -0.1) is 0 Å². The Labute approximate surface area is 129 Å². The minimum absolute atomic E-state index is 0.0490. The summed E-state index contributed by atoms with van der Waals surface area (Å²) in [6.45, 7) is 3.76. The zero-order chi connectivity index (χ0) is 15.0. The van der Waals surface area contributed by atoms with Gasteiger partial charge in [0.15, 0.2) is 5.13 Å². The molecule has 21 heavy (non-hydrogen) atoms. The summed E-state index contributed by atoms with van der Waals surface area (Å²) in [4.78, 5) is 6.93. The molecule has 0 radical (unpaired) electrons. The monoisotopic (exact) mass is 325 g/mol. The van der Waals surface area contributed by atoms with E-state index in [1.807, 2.05) is 0 Å². The van der Waals surface area contributed by atoms with E-state index in [1.54, 1.807) is 11.3 Å². The van der Waals surface area contributed by atoms with Gasteiger partial charge in [0.1, 0.15) is 0 Å². The SMILES string of the molecule is Cc1ccc2nc(N3CCC(NS(C)(=O)=O)CC3)sc2c1. The number of thiazole rings is 1. The third-order valence-corrected chi connectivity index (χ3v) is 5.52. The van der Waals surface area contributed by atoms with Gasteiger partial charge in [0.05, 0.1) is 16.5 Å². The number of fused-ring (bicyclic) bond motifs is 1. The molecule has 1 N–H and O–H groups in total. The normalized spacial score (nSPS) is 17.5. The first-order valence-corrected chi connectivity index (χ1v) is 9.71. The molecule has 1 aliphatic rings. The summed E-state index contributed by atoms with van der Waals surface area (Å²) in [7, 11) is -3.11. The molecule has 2 heterocycles. The standard InChI is InChI=1S/C14H19N3O2S2/c1-10-3-4-12-13(9-10)20-14(15-12)17-7-5-11(6-8-17)16-21(2,18)19/h3-4,9,11,16H,5-8H2,1-2H3. The van der Waals surface area contributed by atoms with Crippen LogP contribution in [0.25, 0.3) is 10.2 Å². The van der Waals surface area contributed by atoms with Gasteiger partial charge in [0.25, 0.3) is 0 Å². The number of hydrogen-bond donors (Lipinski definition) is 1. The Hall–Kier alpha value is -1.18. The number of sulfonamides is 1. The van der Waals surface area contributed by atoms with Gasteiger partial charge in [0.2, 0.25) is 10.0 Å². The Bertz CT molecular complexity index is 747. The van der Waals surface area contributed by atoms with E-state index in [0.717, 1.165) is 36.6 Å². The summed E-state index contributed by atoms with van der Waals surface area (Å²) in [5.41, 5.74) is 2.28. The van der Waals surface area contributed by atoms with Crippen molar-refractivity contribution in [2.24, 2.45) is 0 Å². The highest BCUT2D eigenvalue weighted by molar-refractivity contribution is 7.88. The van der Waals surface area contributed by atoms with E-state index in [1.165, 1.54) is 16.5 Å². The van der Waals surface area contributed by atoms with Crippen LogP contribution in [0.5, 0.6) is 0 Å². The number of rotatable bonds is 3. The molecule has 1 fully saturated rings. The molecule has 0 unspecified atom stereocenters. The van der Waals surface area contributed by atoms with Crippen LogP contribution >= 0.6 is 11.3 Å².